The zero-order valence-electron chi connectivity index (χ0n) is 14.7. The Hall–Kier alpha value is -2.88. The number of rotatable bonds is 4. The van der Waals surface area contributed by atoms with Crippen LogP contribution in [0.2, 0.25) is 0 Å². The van der Waals surface area contributed by atoms with E-state index in [4.69, 9.17) is 4.74 Å². The molecule has 0 spiro atoms. The minimum Gasteiger partial charge on any atom is -0.494 e. The standard InChI is InChI=1S/C18H14F4N2O3S/c1-27-16-8-5-12(9-14(16)19)24-17(18(20,21)22)10-15(23-24)11-3-6-13(7-4-11)28(2,25)26/h3-10H,1-2H3. The first-order chi connectivity index (χ1) is 13.0. The molecule has 148 valence electrons. The summed E-state index contributed by atoms with van der Waals surface area (Å²) in [6, 6.07) is 9.44. The Morgan fingerprint density at radius 1 is 1.04 bits per heavy atom. The summed E-state index contributed by atoms with van der Waals surface area (Å²) in [6.07, 6.45) is -3.72. The van der Waals surface area contributed by atoms with E-state index >= 15 is 0 Å². The number of hydrogen-bond acceptors (Lipinski definition) is 4. The van der Waals surface area contributed by atoms with Crippen molar-refractivity contribution in [3.05, 3.63) is 60.0 Å². The summed E-state index contributed by atoms with van der Waals surface area (Å²) in [5.74, 6) is -0.941. The van der Waals surface area contributed by atoms with Crippen LogP contribution >= 0.6 is 0 Å². The van der Waals surface area contributed by atoms with Crippen molar-refractivity contribution in [2.24, 2.45) is 0 Å². The van der Waals surface area contributed by atoms with E-state index in [0.29, 0.717) is 4.68 Å². The van der Waals surface area contributed by atoms with Gasteiger partial charge in [0.2, 0.25) is 0 Å². The van der Waals surface area contributed by atoms with E-state index in [1.807, 2.05) is 0 Å². The van der Waals surface area contributed by atoms with Crippen LogP contribution in [-0.2, 0) is 16.0 Å². The molecule has 2 aromatic carbocycles. The van der Waals surface area contributed by atoms with E-state index < -0.39 is 27.5 Å². The summed E-state index contributed by atoms with van der Waals surface area (Å²) in [5, 5.41) is 3.95. The highest BCUT2D eigenvalue weighted by Crippen LogP contribution is 2.35. The minimum atomic E-state index is -4.74. The molecule has 0 aliphatic carbocycles. The van der Waals surface area contributed by atoms with Gasteiger partial charge in [-0.2, -0.15) is 18.3 Å². The van der Waals surface area contributed by atoms with Crippen LogP contribution in [-0.4, -0.2) is 31.6 Å². The molecule has 0 atom stereocenters. The molecule has 0 amide bonds. The van der Waals surface area contributed by atoms with E-state index in [1.165, 1.54) is 43.5 Å². The normalized spacial score (nSPS) is 12.2. The molecule has 0 N–H and O–H groups in total. The Kier molecular flexibility index (Phi) is 4.92. The topological polar surface area (TPSA) is 61.2 Å². The molecule has 0 bridgehead atoms. The Morgan fingerprint density at radius 3 is 2.18 bits per heavy atom. The van der Waals surface area contributed by atoms with E-state index in [0.717, 1.165) is 18.4 Å². The fourth-order valence-corrected chi connectivity index (χ4v) is 3.21. The predicted octanol–water partition coefficient (Wildman–Crippen LogP) is 4.11. The van der Waals surface area contributed by atoms with Gasteiger partial charge in [-0.3, -0.25) is 0 Å². The first-order valence-corrected chi connectivity index (χ1v) is 9.71. The number of sulfone groups is 1. The Balaban J connectivity index is 2.12. The lowest BCUT2D eigenvalue weighted by molar-refractivity contribution is -0.142. The highest BCUT2D eigenvalue weighted by molar-refractivity contribution is 7.90. The zero-order chi connectivity index (χ0) is 20.7. The molecule has 0 saturated carbocycles. The molecule has 28 heavy (non-hydrogen) atoms. The highest BCUT2D eigenvalue weighted by atomic mass is 32.2. The fraction of sp³-hybridized carbons (Fsp3) is 0.167. The second kappa shape index (κ2) is 6.93. The zero-order valence-corrected chi connectivity index (χ0v) is 15.5. The lowest BCUT2D eigenvalue weighted by atomic mass is 10.1. The summed E-state index contributed by atoms with van der Waals surface area (Å²) in [6.45, 7) is 0. The second-order valence-corrected chi connectivity index (χ2v) is 7.96. The van der Waals surface area contributed by atoms with Crippen LogP contribution in [0.5, 0.6) is 5.75 Å². The molecule has 0 aliphatic heterocycles. The highest BCUT2D eigenvalue weighted by Gasteiger charge is 2.36. The third-order valence-electron chi connectivity index (χ3n) is 3.96. The maximum Gasteiger partial charge on any atom is 0.433 e. The fourth-order valence-electron chi connectivity index (χ4n) is 2.58. The van der Waals surface area contributed by atoms with Crippen LogP contribution in [0, 0.1) is 5.82 Å². The molecule has 1 aromatic heterocycles. The van der Waals surface area contributed by atoms with E-state index in [-0.39, 0.29) is 27.6 Å². The Morgan fingerprint density at radius 2 is 1.68 bits per heavy atom. The van der Waals surface area contributed by atoms with Crippen LogP contribution in [0.1, 0.15) is 5.69 Å². The number of ether oxygens (including phenoxy) is 1. The van der Waals surface area contributed by atoms with E-state index in [1.54, 1.807) is 0 Å². The van der Waals surface area contributed by atoms with Gasteiger partial charge in [-0.1, -0.05) is 12.1 Å². The maximum absolute atomic E-state index is 13.9. The van der Waals surface area contributed by atoms with Gasteiger partial charge < -0.3 is 4.74 Å². The van der Waals surface area contributed by atoms with Gasteiger partial charge in [-0.25, -0.2) is 17.5 Å². The van der Waals surface area contributed by atoms with Gasteiger partial charge in [0.15, 0.2) is 21.4 Å². The summed E-state index contributed by atoms with van der Waals surface area (Å²) >= 11 is 0. The van der Waals surface area contributed by atoms with Crippen molar-refractivity contribution in [2.75, 3.05) is 13.4 Å². The maximum atomic E-state index is 13.9. The van der Waals surface area contributed by atoms with Crippen molar-refractivity contribution in [1.82, 2.24) is 9.78 Å². The molecule has 0 radical (unpaired) electrons. The molecule has 5 nitrogen and oxygen atoms in total. The monoisotopic (exact) mass is 414 g/mol. The van der Waals surface area contributed by atoms with Crippen LogP contribution in [0.15, 0.2) is 53.4 Å². The molecule has 0 fully saturated rings. The number of benzene rings is 2. The molecular formula is C18H14F4N2O3S. The number of alkyl halides is 3. The minimum absolute atomic E-state index is 0.0314. The smallest absolute Gasteiger partial charge is 0.433 e. The van der Waals surface area contributed by atoms with Gasteiger partial charge >= 0.3 is 6.18 Å². The Labute approximate surface area is 158 Å². The van der Waals surface area contributed by atoms with Crippen molar-refractivity contribution in [3.63, 3.8) is 0 Å². The summed E-state index contributed by atoms with van der Waals surface area (Å²) in [4.78, 5) is 0.0314. The van der Waals surface area contributed by atoms with Gasteiger partial charge in [-0.15, -0.1) is 0 Å². The third kappa shape index (κ3) is 3.86. The summed E-state index contributed by atoms with van der Waals surface area (Å²) in [5.41, 5.74) is -0.988. The quantitative estimate of drug-likeness (QED) is 0.603. The van der Waals surface area contributed by atoms with Gasteiger partial charge in [0.25, 0.3) is 0 Å². The van der Waals surface area contributed by atoms with Crippen molar-refractivity contribution >= 4 is 9.84 Å². The molecule has 3 aromatic rings. The van der Waals surface area contributed by atoms with E-state index in [9.17, 15) is 26.0 Å². The van der Waals surface area contributed by atoms with Crippen molar-refractivity contribution in [1.29, 1.82) is 0 Å². The molecule has 0 saturated heterocycles. The number of halogens is 4. The van der Waals surface area contributed by atoms with Gasteiger partial charge in [-0.05, 0) is 30.3 Å². The predicted molar refractivity (Wildman–Crippen MR) is 93.6 cm³/mol. The second-order valence-electron chi connectivity index (χ2n) is 5.94. The van der Waals surface area contributed by atoms with Crippen LogP contribution in [0.3, 0.4) is 0 Å². The Bertz CT molecular complexity index is 1120. The first kappa shape index (κ1) is 19.9. The molecule has 0 aliphatic rings. The van der Waals surface area contributed by atoms with Crippen molar-refractivity contribution in [2.45, 2.75) is 11.1 Å². The van der Waals surface area contributed by atoms with Crippen molar-refractivity contribution in [3.8, 4) is 22.7 Å². The largest absolute Gasteiger partial charge is 0.494 e. The molecule has 1 heterocycles. The number of methoxy groups -OCH3 is 1. The van der Waals surface area contributed by atoms with Crippen LogP contribution in [0.4, 0.5) is 17.6 Å². The molecule has 10 heteroatoms. The number of hydrogen-bond donors (Lipinski definition) is 0. The van der Waals surface area contributed by atoms with Crippen molar-refractivity contribution < 1.29 is 30.7 Å². The molecule has 3 rings (SSSR count). The molecular weight excluding hydrogens is 400 g/mol. The summed E-state index contributed by atoms with van der Waals surface area (Å²) in [7, 11) is -2.20. The first-order valence-electron chi connectivity index (χ1n) is 7.82. The lowest BCUT2D eigenvalue weighted by Crippen LogP contribution is -2.13. The lowest BCUT2D eigenvalue weighted by Gasteiger charge is -2.11. The average molecular weight is 414 g/mol. The third-order valence-corrected chi connectivity index (χ3v) is 5.09. The van der Waals surface area contributed by atoms with Crippen LogP contribution < -0.4 is 4.74 Å². The van der Waals surface area contributed by atoms with Gasteiger partial charge in [0.1, 0.15) is 5.69 Å². The molecule has 0 unspecified atom stereocenters. The SMILES string of the molecule is COc1ccc(-n2nc(-c3ccc(S(C)(=O)=O)cc3)cc2C(F)(F)F)cc1F. The van der Waals surface area contributed by atoms with E-state index in [2.05, 4.69) is 5.10 Å². The summed E-state index contributed by atoms with van der Waals surface area (Å²) < 4.78 is 82.8. The average Bonchev–Trinajstić information content (AvgIpc) is 3.07. The van der Waals surface area contributed by atoms with Gasteiger partial charge in [0, 0.05) is 17.9 Å². The number of aromatic nitrogens is 2. The number of nitrogens with zero attached hydrogens (tertiary/aromatic N) is 2. The van der Waals surface area contributed by atoms with Crippen LogP contribution in [0.25, 0.3) is 16.9 Å². The van der Waals surface area contributed by atoms with Gasteiger partial charge in [0.05, 0.1) is 23.4 Å².